The van der Waals surface area contributed by atoms with Gasteiger partial charge in [-0.3, -0.25) is 4.99 Å². The van der Waals surface area contributed by atoms with Gasteiger partial charge in [0.2, 0.25) is 0 Å². The molecule has 1 aromatic heterocycles. The third-order valence-corrected chi connectivity index (χ3v) is 9.24. The minimum Gasteiger partial charge on any atom is -0.364 e. The Bertz CT molecular complexity index is 1350. The van der Waals surface area contributed by atoms with Crippen LogP contribution in [0, 0.1) is 11.3 Å². The molecule has 7 nitrogen and oxygen atoms in total. The van der Waals surface area contributed by atoms with Crippen LogP contribution in [0.1, 0.15) is 16.7 Å². The molecule has 0 saturated carbocycles. The Morgan fingerprint density at radius 3 is 2.69 bits per heavy atom. The fourth-order valence-electron chi connectivity index (χ4n) is 4.35. The number of rotatable bonds is 8. The quantitative estimate of drug-likeness (QED) is 0.469. The fourth-order valence-corrected chi connectivity index (χ4v) is 7.06. The van der Waals surface area contributed by atoms with Crippen LogP contribution < -0.4 is 10.6 Å². The highest BCUT2D eigenvalue weighted by Crippen LogP contribution is 2.34. The van der Waals surface area contributed by atoms with E-state index < -0.39 is 10.0 Å². The maximum Gasteiger partial charge on any atom is 0.253 e. The molecule has 1 atom stereocenters. The molecule has 3 aromatic rings. The van der Waals surface area contributed by atoms with Crippen molar-refractivity contribution in [2.75, 3.05) is 24.5 Å². The standard InChI is InChI=1S/C26H27N5O2S2/c1-2-29-23(16-28)18-30-19-24(14-20-7-4-3-5-8-20)31(35(32,33)26-9-6-12-34-26)17-22-13-21(15-27)10-11-25(22)30/h2-13,24H,1,14,16-19,28H2. The Hall–Kier alpha value is -3.29. The van der Waals surface area contributed by atoms with Crippen LogP contribution in [0.5, 0.6) is 0 Å². The fraction of sp³-hybridized carbons (Fsp3) is 0.231. The number of nitriles is 1. The van der Waals surface area contributed by atoms with E-state index in [2.05, 4.69) is 22.5 Å². The maximum absolute atomic E-state index is 13.8. The molecule has 0 radical (unpaired) electrons. The number of benzene rings is 2. The summed E-state index contributed by atoms with van der Waals surface area (Å²) in [6.45, 7) is 4.98. The Morgan fingerprint density at radius 2 is 2.03 bits per heavy atom. The van der Waals surface area contributed by atoms with Gasteiger partial charge in [-0.15, -0.1) is 11.3 Å². The minimum atomic E-state index is -3.77. The van der Waals surface area contributed by atoms with E-state index in [4.69, 9.17) is 5.73 Å². The second-order valence-electron chi connectivity index (χ2n) is 8.24. The van der Waals surface area contributed by atoms with Gasteiger partial charge in [-0.25, -0.2) is 8.42 Å². The van der Waals surface area contributed by atoms with Gasteiger partial charge >= 0.3 is 0 Å². The summed E-state index contributed by atoms with van der Waals surface area (Å²) in [6, 6.07) is 20.5. The molecule has 0 spiro atoms. The lowest BCUT2D eigenvalue weighted by Gasteiger charge is -2.32. The molecule has 1 unspecified atom stereocenters. The highest BCUT2D eigenvalue weighted by molar-refractivity contribution is 7.91. The van der Waals surface area contributed by atoms with Crippen molar-refractivity contribution >= 4 is 32.8 Å². The van der Waals surface area contributed by atoms with Crippen LogP contribution in [0.4, 0.5) is 5.69 Å². The van der Waals surface area contributed by atoms with E-state index in [-0.39, 0.29) is 19.1 Å². The molecule has 0 amide bonds. The van der Waals surface area contributed by atoms with Crippen molar-refractivity contribution in [3.05, 3.63) is 95.5 Å². The van der Waals surface area contributed by atoms with E-state index in [1.54, 1.807) is 34.0 Å². The van der Waals surface area contributed by atoms with Crippen molar-refractivity contribution in [3.63, 3.8) is 0 Å². The molecule has 0 fully saturated rings. The summed E-state index contributed by atoms with van der Waals surface area (Å²) in [5.41, 5.74) is 9.86. The Kier molecular flexibility index (Phi) is 7.78. The summed E-state index contributed by atoms with van der Waals surface area (Å²) >= 11 is 1.21. The normalized spacial score (nSPS) is 16.9. The lowest BCUT2D eigenvalue weighted by molar-refractivity contribution is 0.320. The summed E-state index contributed by atoms with van der Waals surface area (Å²) in [5, 5.41) is 11.3. The van der Waals surface area contributed by atoms with Gasteiger partial charge in [0.15, 0.2) is 0 Å². The molecule has 0 aliphatic carbocycles. The number of anilines is 1. The Morgan fingerprint density at radius 1 is 1.23 bits per heavy atom. The van der Waals surface area contributed by atoms with Crippen LogP contribution in [-0.4, -0.2) is 44.1 Å². The second-order valence-corrected chi connectivity index (χ2v) is 11.3. The number of nitrogens with zero attached hydrogens (tertiary/aromatic N) is 4. The molecular formula is C26H27N5O2S2. The van der Waals surface area contributed by atoms with Gasteiger partial charge in [0.05, 0.1) is 23.9 Å². The number of sulfonamides is 1. The molecular weight excluding hydrogens is 478 g/mol. The molecule has 2 N–H and O–H groups in total. The molecule has 0 saturated heterocycles. The van der Waals surface area contributed by atoms with Gasteiger partial charge in [0.25, 0.3) is 10.0 Å². The molecule has 35 heavy (non-hydrogen) atoms. The summed E-state index contributed by atoms with van der Waals surface area (Å²) in [6.07, 6.45) is 2.01. The average Bonchev–Trinajstić information content (AvgIpc) is 3.38. The van der Waals surface area contributed by atoms with E-state index in [9.17, 15) is 13.7 Å². The van der Waals surface area contributed by atoms with Gasteiger partial charge < -0.3 is 10.6 Å². The first-order valence-corrected chi connectivity index (χ1v) is 13.5. The summed E-state index contributed by atoms with van der Waals surface area (Å²) in [5.74, 6) is 0. The van der Waals surface area contributed by atoms with Crippen molar-refractivity contribution < 1.29 is 8.42 Å². The van der Waals surface area contributed by atoms with Crippen LogP contribution in [0.3, 0.4) is 0 Å². The summed E-state index contributed by atoms with van der Waals surface area (Å²) in [7, 11) is -3.77. The molecule has 2 aromatic carbocycles. The number of hydrogen-bond acceptors (Lipinski definition) is 7. The number of fused-ring (bicyclic) bond motifs is 1. The number of thiophene rings is 1. The van der Waals surface area contributed by atoms with E-state index in [0.717, 1.165) is 22.5 Å². The molecule has 9 heteroatoms. The van der Waals surface area contributed by atoms with Crippen LogP contribution >= 0.6 is 11.3 Å². The van der Waals surface area contributed by atoms with Crippen molar-refractivity contribution in [2.24, 2.45) is 10.7 Å². The van der Waals surface area contributed by atoms with Gasteiger partial charge in [-0.2, -0.15) is 9.57 Å². The molecule has 2 heterocycles. The molecule has 180 valence electrons. The predicted octanol–water partition coefficient (Wildman–Crippen LogP) is 3.79. The topological polar surface area (TPSA) is 103 Å². The lowest BCUT2D eigenvalue weighted by Crippen LogP contribution is -2.47. The zero-order valence-electron chi connectivity index (χ0n) is 19.2. The molecule has 1 aliphatic rings. The molecule has 0 bridgehead atoms. The average molecular weight is 506 g/mol. The molecule has 4 rings (SSSR count). The minimum absolute atomic E-state index is 0.162. The highest BCUT2D eigenvalue weighted by Gasteiger charge is 2.37. The van der Waals surface area contributed by atoms with E-state index in [1.165, 1.54) is 17.5 Å². The zero-order valence-corrected chi connectivity index (χ0v) is 20.9. The first kappa shape index (κ1) is 24.8. The van der Waals surface area contributed by atoms with Crippen LogP contribution in [0.2, 0.25) is 0 Å². The van der Waals surface area contributed by atoms with Gasteiger partial charge in [-0.1, -0.05) is 43.0 Å². The molecule has 1 aliphatic heterocycles. The maximum atomic E-state index is 13.8. The summed E-state index contributed by atoms with van der Waals surface area (Å²) in [4.78, 5) is 6.44. The van der Waals surface area contributed by atoms with Crippen LogP contribution in [0.15, 0.2) is 88.0 Å². The van der Waals surface area contributed by atoms with Crippen molar-refractivity contribution in [2.45, 2.75) is 23.2 Å². The van der Waals surface area contributed by atoms with Gasteiger partial charge in [-0.05, 0) is 47.2 Å². The van der Waals surface area contributed by atoms with Crippen molar-refractivity contribution in [1.82, 2.24) is 4.31 Å². The van der Waals surface area contributed by atoms with Gasteiger partial charge in [0, 0.05) is 37.6 Å². The highest BCUT2D eigenvalue weighted by atomic mass is 32.2. The number of aliphatic imine (C=N–C) groups is 1. The predicted molar refractivity (Wildman–Crippen MR) is 141 cm³/mol. The largest absolute Gasteiger partial charge is 0.364 e. The monoisotopic (exact) mass is 505 g/mol. The van der Waals surface area contributed by atoms with Crippen LogP contribution in [-0.2, 0) is 23.0 Å². The third kappa shape index (κ3) is 5.52. The number of hydrogen-bond donors (Lipinski definition) is 1. The zero-order chi connectivity index (χ0) is 24.8. The van der Waals surface area contributed by atoms with E-state index in [0.29, 0.717) is 29.3 Å². The van der Waals surface area contributed by atoms with Crippen LogP contribution in [0.25, 0.3) is 0 Å². The summed E-state index contributed by atoms with van der Waals surface area (Å²) < 4.78 is 29.6. The third-order valence-electron chi connectivity index (χ3n) is 5.97. The van der Waals surface area contributed by atoms with Crippen molar-refractivity contribution in [3.8, 4) is 6.07 Å². The van der Waals surface area contributed by atoms with E-state index >= 15 is 0 Å². The number of nitrogens with two attached hydrogens (primary N) is 1. The first-order valence-electron chi connectivity index (χ1n) is 11.2. The Balaban J connectivity index is 1.84. The second kappa shape index (κ2) is 11.0. The SMILES string of the molecule is C=CN=C(CN)CN1CC(Cc2ccccc2)N(S(=O)(=O)c2cccs2)Cc2cc(C#N)ccc21. The Labute approximate surface area is 210 Å². The van der Waals surface area contributed by atoms with Gasteiger partial charge in [0.1, 0.15) is 4.21 Å². The van der Waals surface area contributed by atoms with Crippen molar-refractivity contribution in [1.29, 1.82) is 5.26 Å². The smallest absolute Gasteiger partial charge is 0.253 e. The van der Waals surface area contributed by atoms with E-state index in [1.807, 2.05) is 36.4 Å². The lowest BCUT2D eigenvalue weighted by atomic mass is 10.1. The first-order chi connectivity index (χ1) is 17.0.